The van der Waals surface area contributed by atoms with Crippen molar-refractivity contribution in [3.05, 3.63) is 33.2 Å². The van der Waals surface area contributed by atoms with Gasteiger partial charge in [0.15, 0.2) is 0 Å². The summed E-state index contributed by atoms with van der Waals surface area (Å²) in [5, 5.41) is 8.75. The molecule has 0 amide bonds. The second kappa shape index (κ2) is 3.44. The molecule has 0 unspecified atom stereocenters. The van der Waals surface area contributed by atoms with Crippen molar-refractivity contribution >= 4 is 0 Å². The summed E-state index contributed by atoms with van der Waals surface area (Å²) in [7, 11) is 0. The smallest absolute Gasteiger partial charge is 0.268 e. The lowest BCUT2D eigenvalue weighted by Crippen LogP contribution is -2.24. The van der Waals surface area contributed by atoms with E-state index in [9.17, 15) is 4.79 Å². The van der Waals surface area contributed by atoms with Crippen LogP contribution in [-0.2, 0) is 6.54 Å². The molecule has 0 N–H and O–H groups in total. The standard InChI is InChI=1S/C10H12N2O/c1-4-12-8(3)5-7(2)9(6-11)10(12)13/h5H,4H2,1-3H3. The third-order valence-corrected chi connectivity index (χ3v) is 2.13. The second-order valence-electron chi connectivity index (χ2n) is 3.00. The largest absolute Gasteiger partial charge is 0.312 e. The molecule has 0 radical (unpaired) electrons. The number of aromatic nitrogens is 1. The minimum atomic E-state index is -0.178. The van der Waals surface area contributed by atoms with Crippen LogP contribution >= 0.6 is 0 Å². The van der Waals surface area contributed by atoms with E-state index in [1.54, 1.807) is 11.5 Å². The van der Waals surface area contributed by atoms with Crippen LogP contribution in [0.5, 0.6) is 0 Å². The van der Waals surface area contributed by atoms with Crippen LogP contribution < -0.4 is 5.56 Å². The van der Waals surface area contributed by atoms with Crippen LogP contribution in [0.4, 0.5) is 0 Å². The Labute approximate surface area is 77.2 Å². The minimum absolute atomic E-state index is 0.178. The van der Waals surface area contributed by atoms with E-state index in [0.29, 0.717) is 6.54 Å². The lowest BCUT2D eigenvalue weighted by atomic mass is 10.1. The summed E-state index contributed by atoms with van der Waals surface area (Å²) in [6.45, 7) is 6.16. The van der Waals surface area contributed by atoms with Crippen molar-refractivity contribution < 1.29 is 0 Å². The molecule has 0 bridgehead atoms. The Balaban J connectivity index is 3.61. The summed E-state index contributed by atoms with van der Waals surface area (Å²) in [5.74, 6) is 0. The summed E-state index contributed by atoms with van der Waals surface area (Å²) in [6.07, 6.45) is 0. The first kappa shape index (κ1) is 9.53. The molecule has 13 heavy (non-hydrogen) atoms. The first-order valence-corrected chi connectivity index (χ1v) is 4.23. The third-order valence-electron chi connectivity index (χ3n) is 2.13. The average Bonchev–Trinajstić information content (AvgIpc) is 2.04. The first-order chi connectivity index (χ1) is 6.11. The number of aryl methyl sites for hydroxylation is 2. The Morgan fingerprint density at radius 3 is 2.62 bits per heavy atom. The number of hydrogen-bond acceptors (Lipinski definition) is 2. The number of rotatable bonds is 1. The molecule has 0 aliphatic heterocycles. The van der Waals surface area contributed by atoms with Crippen molar-refractivity contribution in [2.24, 2.45) is 0 Å². The molecule has 68 valence electrons. The van der Waals surface area contributed by atoms with Crippen molar-refractivity contribution in [2.45, 2.75) is 27.3 Å². The number of nitrogens with zero attached hydrogens (tertiary/aromatic N) is 2. The van der Waals surface area contributed by atoms with Crippen molar-refractivity contribution in [3.63, 3.8) is 0 Å². The number of hydrogen-bond donors (Lipinski definition) is 0. The highest BCUT2D eigenvalue weighted by Gasteiger charge is 2.07. The normalized spacial score (nSPS) is 9.69. The van der Waals surface area contributed by atoms with Crippen molar-refractivity contribution in [3.8, 4) is 6.07 Å². The topological polar surface area (TPSA) is 45.8 Å². The van der Waals surface area contributed by atoms with E-state index in [1.165, 1.54) is 0 Å². The molecule has 0 aliphatic carbocycles. The van der Waals surface area contributed by atoms with Gasteiger partial charge in [-0.15, -0.1) is 0 Å². The van der Waals surface area contributed by atoms with E-state index >= 15 is 0 Å². The van der Waals surface area contributed by atoms with E-state index in [2.05, 4.69) is 0 Å². The third kappa shape index (κ3) is 1.48. The van der Waals surface area contributed by atoms with Gasteiger partial charge in [-0.25, -0.2) is 0 Å². The summed E-state index contributed by atoms with van der Waals surface area (Å²) < 4.78 is 1.60. The molecule has 1 aromatic heterocycles. The van der Waals surface area contributed by atoms with Crippen LogP contribution in [0.2, 0.25) is 0 Å². The zero-order valence-electron chi connectivity index (χ0n) is 8.09. The van der Waals surface area contributed by atoms with Crippen molar-refractivity contribution in [1.82, 2.24) is 4.57 Å². The van der Waals surface area contributed by atoms with E-state index in [0.717, 1.165) is 11.3 Å². The molecule has 1 aromatic rings. The Hall–Kier alpha value is -1.56. The molecule has 3 nitrogen and oxygen atoms in total. The zero-order chi connectivity index (χ0) is 10.0. The van der Waals surface area contributed by atoms with Crippen molar-refractivity contribution in [2.75, 3.05) is 0 Å². The van der Waals surface area contributed by atoms with Gasteiger partial charge in [0, 0.05) is 12.2 Å². The van der Waals surface area contributed by atoms with Gasteiger partial charge in [-0.1, -0.05) is 0 Å². The van der Waals surface area contributed by atoms with E-state index < -0.39 is 0 Å². The molecule has 0 atom stereocenters. The maximum atomic E-state index is 11.6. The van der Waals surface area contributed by atoms with Crippen LogP contribution in [0, 0.1) is 25.2 Å². The SMILES string of the molecule is CCn1c(C)cc(C)c(C#N)c1=O. The Kier molecular flexibility index (Phi) is 2.52. The quantitative estimate of drug-likeness (QED) is 0.648. The molecular weight excluding hydrogens is 164 g/mol. The maximum absolute atomic E-state index is 11.6. The lowest BCUT2D eigenvalue weighted by Gasteiger charge is -2.08. The Bertz CT molecular complexity index is 424. The highest BCUT2D eigenvalue weighted by Crippen LogP contribution is 2.04. The molecule has 0 aromatic carbocycles. The van der Waals surface area contributed by atoms with E-state index in [4.69, 9.17) is 5.26 Å². The van der Waals surface area contributed by atoms with Crippen LogP contribution in [0.1, 0.15) is 23.7 Å². The number of pyridine rings is 1. The maximum Gasteiger partial charge on any atom is 0.268 e. The summed E-state index contributed by atoms with van der Waals surface area (Å²) >= 11 is 0. The van der Waals surface area contributed by atoms with Gasteiger partial charge in [0.2, 0.25) is 0 Å². The van der Waals surface area contributed by atoms with Crippen LogP contribution in [0.25, 0.3) is 0 Å². The molecule has 1 heterocycles. The minimum Gasteiger partial charge on any atom is -0.312 e. The molecule has 1 rings (SSSR count). The van der Waals surface area contributed by atoms with Gasteiger partial charge in [0.05, 0.1) is 0 Å². The van der Waals surface area contributed by atoms with Gasteiger partial charge < -0.3 is 4.57 Å². The zero-order valence-corrected chi connectivity index (χ0v) is 8.09. The molecule has 0 aliphatic rings. The monoisotopic (exact) mass is 176 g/mol. The van der Waals surface area contributed by atoms with Gasteiger partial charge in [-0.2, -0.15) is 5.26 Å². The highest BCUT2D eigenvalue weighted by molar-refractivity contribution is 5.35. The van der Waals surface area contributed by atoms with Crippen LogP contribution in [0.3, 0.4) is 0 Å². The summed E-state index contributed by atoms with van der Waals surface area (Å²) in [5.41, 5.74) is 1.74. The Morgan fingerprint density at radius 2 is 2.15 bits per heavy atom. The molecule has 0 spiro atoms. The fourth-order valence-corrected chi connectivity index (χ4v) is 1.46. The van der Waals surface area contributed by atoms with Gasteiger partial charge in [-0.05, 0) is 32.4 Å². The van der Waals surface area contributed by atoms with Gasteiger partial charge in [-0.3, -0.25) is 4.79 Å². The van der Waals surface area contributed by atoms with Gasteiger partial charge >= 0.3 is 0 Å². The summed E-state index contributed by atoms with van der Waals surface area (Å²) in [4.78, 5) is 11.6. The Morgan fingerprint density at radius 1 is 1.54 bits per heavy atom. The van der Waals surface area contributed by atoms with E-state index in [-0.39, 0.29) is 11.1 Å². The lowest BCUT2D eigenvalue weighted by molar-refractivity contribution is 0.696. The fourth-order valence-electron chi connectivity index (χ4n) is 1.46. The summed E-state index contributed by atoms with van der Waals surface area (Å²) in [6, 6.07) is 3.80. The molecule has 0 saturated heterocycles. The molecule has 3 heteroatoms. The highest BCUT2D eigenvalue weighted by atomic mass is 16.1. The fraction of sp³-hybridized carbons (Fsp3) is 0.400. The van der Waals surface area contributed by atoms with Gasteiger partial charge in [0.1, 0.15) is 11.6 Å². The average molecular weight is 176 g/mol. The second-order valence-corrected chi connectivity index (χ2v) is 3.00. The predicted octanol–water partition coefficient (Wildman–Crippen LogP) is 1.36. The van der Waals surface area contributed by atoms with E-state index in [1.807, 2.05) is 26.0 Å². The van der Waals surface area contributed by atoms with Gasteiger partial charge in [0.25, 0.3) is 5.56 Å². The van der Waals surface area contributed by atoms with Crippen molar-refractivity contribution in [1.29, 1.82) is 5.26 Å². The first-order valence-electron chi connectivity index (χ1n) is 4.23. The predicted molar refractivity (Wildman–Crippen MR) is 50.6 cm³/mol. The number of nitriles is 1. The van der Waals surface area contributed by atoms with Crippen LogP contribution in [-0.4, -0.2) is 4.57 Å². The molecular formula is C10H12N2O. The van der Waals surface area contributed by atoms with Crippen LogP contribution in [0.15, 0.2) is 10.9 Å². The molecule has 0 saturated carbocycles. The molecule has 0 fully saturated rings.